The number of hydrogen-bond donors (Lipinski definition) is 0. The number of carbonyl (C=O) groups excluding carboxylic acids is 2. The summed E-state index contributed by atoms with van der Waals surface area (Å²) < 4.78 is 196. The molecule has 16 nitrogen and oxygen atoms in total. The van der Waals surface area contributed by atoms with Crippen molar-refractivity contribution in [1.29, 1.82) is 0 Å². The summed E-state index contributed by atoms with van der Waals surface area (Å²) in [6.45, 7) is 17.1. The fourth-order valence-corrected chi connectivity index (χ4v) is 15.0. The number of alkyl halides is 8. The van der Waals surface area contributed by atoms with Crippen LogP contribution in [0.25, 0.3) is 77.4 Å². The Balaban J connectivity index is 0.000000154. The summed E-state index contributed by atoms with van der Waals surface area (Å²) >= 11 is 25.0. The van der Waals surface area contributed by atoms with Crippen LogP contribution in [0.2, 0.25) is 5.15 Å². The maximum atomic E-state index is 14.2. The molecule has 2 aliphatic rings. The van der Waals surface area contributed by atoms with Crippen LogP contribution in [0.1, 0.15) is 117 Å². The Morgan fingerprint density at radius 2 is 0.840 bits per heavy atom. The number of amides is 3. The molecule has 13 aromatic rings. The zero-order chi connectivity index (χ0) is 87.2. The number of benzene rings is 9. The van der Waals surface area contributed by atoms with Crippen molar-refractivity contribution in [3.63, 3.8) is 0 Å². The molecule has 0 radical (unpaired) electrons. The maximum absolute atomic E-state index is 14.2. The fraction of sp³-hybridized carbons (Fsp3) is 0.220. The van der Waals surface area contributed by atoms with Crippen LogP contribution in [0.3, 0.4) is 0 Å². The van der Waals surface area contributed by atoms with Gasteiger partial charge in [0.2, 0.25) is 0 Å². The Morgan fingerprint density at radius 3 is 1.24 bits per heavy atom. The number of halogens is 18. The lowest BCUT2D eigenvalue weighted by Crippen LogP contribution is -2.41. The van der Waals surface area contributed by atoms with Crippen LogP contribution in [-0.4, -0.2) is 92.9 Å². The van der Waals surface area contributed by atoms with Crippen molar-refractivity contribution < 1.29 is 80.0 Å². The minimum Gasteiger partial charge on any atom is -0.399 e. The summed E-state index contributed by atoms with van der Waals surface area (Å²) in [6, 6.07) is 39.4. The quantitative estimate of drug-likeness (QED) is 0.0213. The average Bonchev–Trinajstić information content (AvgIpc) is 1.65. The van der Waals surface area contributed by atoms with Gasteiger partial charge in [0.15, 0.2) is 0 Å². The third kappa shape index (κ3) is 21.4. The van der Waals surface area contributed by atoms with E-state index >= 15 is 0 Å². The molecular weight excluding hydrogens is 1830 g/mol. The smallest absolute Gasteiger partial charge is 0.399 e. The van der Waals surface area contributed by atoms with Crippen molar-refractivity contribution in [3.8, 4) is 33.8 Å². The number of hydrogen-bond acceptors (Lipinski definition) is 15. The molecule has 2 aliphatic heterocycles. The van der Waals surface area contributed by atoms with Crippen LogP contribution in [0.4, 0.5) is 57.5 Å². The summed E-state index contributed by atoms with van der Waals surface area (Å²) in [6.07, 6.45) is -6.02. The Labute approximate surface area is 715 Å². The van der Waals surface area contributed by atoms with Gasteiger partial charge >= 0.3 is 13.1 Å². The van der Waals surface area contributed by atoms with Gasteiger partial charge in [-0.15, -0.1) is 11.8 Å². The van der Waals surface area contributed by atoms with Crippen LogP contribution in [0.5, 0.6) is 0 Å². The molecule has 9 aromatic carbocycles. The molecule has 119 heavy (non-hydrogen) atoms. The molecule has 6 heterocycles. The highest BCUT2D eigenvalue weighted by molar-refractivity contribution is 9.10. The number of fused-ring (bicyclic) bond motifs is 4. The first kappa shape index (κ1) is 92.1. The number of thioether (sulfide) groups is 1. The molecule has 15 rings (SSSR count). The van der Waals surface area contributed by atoms with Gasteiger partial charge in [-0.05, 0) is 218 Å². The van der Waals surface area contributed by atoms with E-state index in [1.165, 1.54) is 75.1 Å². The topological polar surface area (TPSA) is 196 Å². The van der Waals surface area contributed by atoms with Crippen LogP contribution in [0, 0.1) is 51.0 Å². The lowest BCUT2D eigenvalue weighted by molar-refractivity contribution is -0.127. The lowest BCUT2D eigenvalue weighted by atomic mass is 9.75. The Kier molecular flexibility index (Phi) is 29.6. The molecule has 3 amide bonds. The third-order valence-electron chi connectivity index (χ3n) is 19.1. The summed E-state index contributed by atoms with van der Waals surface area (Å²) in [7, 11) is 0.635. The number of rotatable bonds is 12. The molecule has 2 fully saturated rings. The molecule has 0 N–H and O–H groups in total. The number of aryl methyl sites for hydroxylation is 4. The van der Waals surface area contributed by atoms with Crippen molar-refractivity contribution in [2.45, 2.75) is 127 Å². The van der Waals surface area contributed by atoms with Gasteiger partial charge < -0.3 is 9.31 Å². The molecule has 4 aromatic heterocycles. The fourth-order valence-electron chi connectivity index (χ4n) is 11.9. The van der Waals surface area contributed by atoms with Gasteiger partial charge in [-0.1, -0.05) is 79.4 Å². The molecule has 0 bridgehead atoms. The number of aromatic nitrogens is 8. The van der Waals surface area contributed by atoms with E-state index in [4.69, 9.17) is 55.1 Å². The zero-order valence-corrected chi connectivity index (χ0v) is 71.7. The monoisotopic (exact) mass is 1890 g/mol. The molecule has 37 heteroatoms. The molecule has 0 aliphatic carbocycles. The van der Waals surface area contributed by atoms with Gasteiger partial charge in [-0.2, -0.15) is 4.42 Å². The highest BCUT2D eigenvalue weighted by Crippen LogP contribution is 2.41. The minimum atomic E-state index is -3.93. The van der Waals surface area contributed by atoms with Crippen molar-refractivity contribution in [3.05, 3.63) is 264 Å². The van der Waals surface area contributed by atoms with Crippen LogP contribution < -0.4 is 5.46 Å². The van der Waals surface area contributed by atoms with Gasteiger partial charge in [0, 0.05) is 92.1 Å². The van der Waals surface area contributed by atoms with E-state index in [0.29, 0.717) is 82.0 Å². The predicted octanol–water partition coefficient (Wildman–Crippen LogP) is 24.8. The normalized spacial score (nSPS) is 14.1. The van der Waals surface area contributed by atoms with Gasteiger partial charge in [-0.25, -0.2) is 110 Å². The standard InChI is InChI=1S/C23H17F3N2S.C16H10BrF3N2.C16H10ClF3N2O2S.C14H18BF3O2.C8H4BrClN2.C5H6Cl2N2O2/c1-14-9-19(23(25)26)20(24)11-18(14)22-17-8-7-16(10-21(17)27-13-28-22)29-12-15-5-3-2-4-6-15;1-8-4-12(16(19)20)13(18)6-11(8)15-10-3-2-9(17)5-14(10)21-7-22-15;1-8-4-12(16(19)20)13(18)6-11(8)15-10-3-2-9(25(17,23)24)5-14(10)21-7-22-15;1-8-6-9(12(17)18)11(16)7-10(8)15-19-13(2,3)14(4,5)20-15;9-5-1-2-6-7(3-5)11-4-12-8(6)10;1-5(2)3(10)8(6)4(11)9(5)7/h2-11,13,23H,12H2,1H3;2-7,16H,1H3;2-7,16H,1H3;6-7,12H,1-5H3;1-4H;1-2H3. The van der Waals surface area contributed by atoms with E-state index in [1.54, 1.807) is 39.5 Å². The summed E-state index contributed by atoms with van der Waals surface area (Å²) in [5.41, 5.74) is 4.29. The Bertz CT molecular complexity index is 6120. The molecule has 0 spiro atoms. The molecular formula is C82H65BBr2Cl4F12N10O6S2. The van der Waals surface area contributed by atoms with Crippen molar-refractivity contribution in [2.75, 3.05) is 0 Å². The molecule has 620 valence electrons. The first-order valence-corrected chi connectivity index (χ1v) is 41.1. The van der Waals surface area contributed by atoms with Crippen LogP contribution in [0.15, 0.2) is 196 Å². The van der Waals surface area contributed by atoms with E-state index in [-0.39, 0.29) is 10.4 Å². The first-order chi connectivity index (χ1) is 55.9. The maximum Gasteiger partial charge on any atom is 0.495 e. The number of carbonyl (C=O) groups is 2. The minimum absolute atomic E-state index is 0.137. The molecule has 0 unspecified atom stereocenters. The van der Waals surface area contributed by atoms with E-state index in [9.17, 15) is 70.7 Å². The van der Waals surface area contributed by atoms with Gasteiger partial charge in [0.05, 0.1) is 77.5 Å². The summed E-state index contributed by atoms with van der Waals surface area (Å²) in [5, 5.41) is 3.30. The average molecular weight is 1890 g/mol. The van der Waals surface area contributed by atoms with E-state index in [1.807, 2.05) is 100 Å². The van der Waals surface area contributed by atoms with Crippen LogP contribution in [-0.2, 0) is 28.9 Å². The van der Waals surface area contributed by atoms with E-state index in [0.717, 1.165) is 87.6 Å². The third-order valence-corrected chi connectivity index (χ3v) is 23.6. The van der Waals surface area contributed by atoms with Gasteiger partial charge in [-0.3, -0.25) is 4.79 Å². The predicted molar refractivity (Wildman–Crippen MR) is 445 cm³/mol. The van der Waals surface area contributed by atoms with E-state index < -0.39 is 116 Å². The van der Waals surface area contributed by atoms with E-state index in [2.05, 4.69) is 83.9 Å². The lowest BCUT2D eigenvalue weighted by Gasteiger charge is -2.32. The van der Waals surface area contributed by atoms with Crippen LogP contribution >= 0.6 is 89.5 Å². The SMILES string of the molecule is CC1(C)C(=O)N(Cl)C(=O)N1Cl.Cc1cc(C(F)F)c(F)cc1-c1ncnc2cc(Br)ccc12.Cc1cc(C(F)F)c(F)cc1-c1ncnc2cc(S(=O)(=O)Cl)ccc12.Cc1cc(C(F)F)c(F)cc1-c1ncnc2cc(SCc3ccccc3)ccc12.Cc1cc(C(F)F)c(F)cc1B1OC(C)(C)C(C)(C)O1.Clc1ncnc2cc(Br)ccc12. The van der Waals surface area contributed by atoms with Crippen molar-refractivity contribution in [2.24, 2.45) is 0 Å². The van der Waals surface area contributed by atoms with Crippen molar-refractivity contribution in [1.82, 2.24) is 48.7 Å². The number of imide groups is 1. The molecule has 0 atom stereocenters. The Morgan fingerprint density at radius 1 is 0.471 bits per heavy atom. The highest BCUT2D eigenvalue weighted by atomic mass is 79.9. The second-order valence-corrected chi connectivity index (χ2v) is 34.5. The second kappa shape index (κ2) is 38.3. The molecule has 2 saturated heterocycles. The van der Waals surface area contributed by atoms with Gasteiger partial charge in [0.1, 0.15) is 59.3 Å². The zero-order valence-electron chi connectivity index (χ0n) is 63.9. The van der Waals surface area contributed by atoms with Gasteiger partial charge in [0.25, 0.3) is 40.7 Å². The second-order valence-electron chi connectivity index (χ2n) is 28.0. The first-order valence-electron chi connectivity index (χ1n) is 35.2. The highest BCUT2D eigenvalue weighted by Gasteiger charge is 2.53. The summed E-state index contributed by atoms with van der Waals surface area (Å²) in [5.74, 6) is -3.51. The Hall–Kier alpha value is -9.16. The summed E-state index contributed by atoms with van der Waals surface area (Å²) in [4.78, 5) is 56.0. The largest absolute Gasteiger partial charge is 0.495 e. The van der Waals surface area contributed by atoms with Crippen molar-refractivity contribution >= 4 is 167 Å². The number of nitrogens with zero attached hydrogens (tertiary/aromatic N) is 10. The molecule has 0 saturated carbocycles. The number of urea groups is 1.